The van der Waals surface area contributed by atoms with Crippen LogP contribution < -0.4 is 5.32 Å². The van der Waals surface area contributed by atoms with E-state index >= 15 is 0 Å². The summed E-state index contributed by atoms with van der Waals surface area (Å²) in [6.07, 6.45) is 3.50. The molecule has 1 aliphatic carbocycles. The Morgan fingerprint density at radius 2 is 1.83 bits per heavy atom. The van der Waals surface area contributed by atoms with Gasteiger partial charge in [0.1, 0.15) is 10.5 Å². The SMILES string of the molecule is O=C1NC2(CCCCc3ccccc32)C(=O)N1Cc1csc(-c2ccccc2)n1. The molecule has 0 radical (unpaired) electrons. The zero-order valence-corrected chi connectivity index (χ0v) is 16.7. The molecule has 5 rings (SSSR count). The molecule has 2 aliphatic rings. The number of nitrogens with one attached hydrogen (secondary N) is 1. The predicted octanol–water partition coefficient (Wildman–Crippen LogP) is 4.48. The summed E-state index contributed by atoms with van der Waals surface area (Å²) in [5, 5.41) is 5.85. The minimum absolute atomic E-state index is 0.161. The number of hydrogen-bond acceptors (Lipinski definition) is 4. The molecule has 1 fully saturated rings. The van der Waals surface area contributed by atoms with Gasteiger partial charge in [-0.1, -0.05) is 54.6 Å². The Morgan fingerprint density at radius 3 is 2.69 bits per heavy atom. The Bertz CT molecular complexity index is 1080. The van der Waals surface area contributed by atoms with Crippen LogP contribution in [0.15, 0.2) is 60.0 Å². The molecule has 2 aromatic carbocycles. The summed E-state index contributed by atoms with van der Waals surface area (Å²) >= 11 is 1.53. The first-order valence-electron chi connectivity index (χ1n) is 9.90. The number of benzene rings is 2. The second-order valence-electron chi connectivity index (χ2n) is 7.60. The van der Waals surface area contributed by atoms with Gasteiger partial charge < -0.3 is 5.32 Å². The summed E-state index contributed by atoms with van der Waals surface area (Å²) in [5.41, 5.74) is 2.93. The van der Waals surface area contributed by atoms with E-state index in [-0.39, 0.29) is 18.5 Å². The number of aryl methyl sites for hydroxylation is 1. The first-order valence-corrected chi connectivity index (χ1v) is 10.8. The van der Waals surface area contributed by atoms with Crippen molar-refractivity contribution >= 4 is 23.3 Å². The van der Waals surface area contributed by atoms with Gasteiger partial charge in [0.2, 0.25) is 0 Å². The minimum atomic E-state index is -0.942. The summed E-state index contributed by atoms with van der Waals surface area (Å²) in [5.74, 6) is -0.161. The van der Waals surface area contributed by atoms with Gasteiger partial charge in [0.05, 0.1) is 12.2 Å². The fourth-order valence-electron chi connectivity index (χ4n) is 4.37. The van der Waals surface area contributed by atoms with E-state index in [9.17, 15) is 9.59 Å². The molecule has 5 nitrogen and oxygen atoms in total. The van der Waals surface area contributed by atoms with Crippen molar-refractivity contribution in [3.63, 3.8) is 0 Å². The van der Waals surface area contributed by atoms with Crippen molar-refractivity contribution in [3.8, 4) is 10.6 Å². The summed E-state index contributed by atoms with van der Waals surface area (Å²) in [4.78, 5) is 32.3. The van der Waals surface area contributed by atoms with Crippen LogP contribution in [0.25, 0.3) is 10.6 Å². The van der Waals surface area contributed by atoms with Crippen molar-refractivity contribution in [3.05, 3.63) is 76.8 Å². The number of amides is 3. The van der Waals surface area contributed by atoms with Crippen LogP contribution in [-0.2, 0) is 23.3 Å². The molecule has 3 amide bonds. The maximum atomic E-state index is 13.5. The Kier molecular flexibility index (Phi) is 4.43. The lowest BCUT2D eigenvalue weighted by Gasteiger charge is -2.27. The van der Waals surface area contributed by atoms with E-state index < -0.39 is 5.54 Å². The number of imide groups is 1. The Morgan fingerprint density at radius 1 is 1.03 bits per heavy atom. The van der Waals surface area contributed by atoms with Crippen LogP contribution in [0.2, 0.25) is 0 Å². The van der Waals surface area contributed by atoms with Crippen LogP contribution in [-0.4, -0.2) is 21.8 Å². The van der Waals surface area contributed by atoms with Crippen LogP contribution in [0.4, 0.5) is 4.79 Å². The van der Waals surface area contributed by atoms with Gasteiger partial charge in [0.25, 0.3) is 5.91 Å². The molecule has 3 aromatic rings. The monoisotopic (exact) mass is 403 g/mol. The summed E-state index contributed by atoms with van der Waals surface area (Å²) in [7, 11) is 0. The summed E-state index contributed by atoms with van der Waals surface area (Å²) in [6, 6.07) is 17.6. The van der Waals surface area contributed by atoms with Gasteiger partial charge in [0.15, 0.2) is 0 Å². The maximum Gasteiger partial charge on any atom is 0.325 e. The summed E-state index contributed by atoms with van der Waals surface area (Å²) < 4.78 is 0. The van der Waals surface area contributed by atoms with Crippen LogP contribution in [0.3, 0.4) is 0 Å². The van der Waals surface area contributed by atoms with Gasteiger partial charge in [-0.05, 0) is 36.8 Å². The molecule has 1 spiro atoms. The molecule has 0 bridgehead atoms. The third-order valence-corrected chi connectivity index (χ3v) is 6.73. The third-order valence-electron chi connectivity index (χ3n) is 5.79. The standard InChI is InChI=1S/C23H21N3O2S/c27-21-23(13-7-6-9-16-8-4-5-12-19(16)23)25-22(28)26(21)14-18-15-29-20(24-18)17-10-2-1-3-11-17/h1-5,8,10-12,15H,6-7,9,13-14H2,(H,25,28). The first-order chi connectivity index (χ1) is 14.2. The van der Waals surface area contributed by atoms with E-state index in [1.807, 2.05) is 53.9 Å². The van der Waals surface area contributed by atoms with Crippen LogP contribution >= 0.6 is 11.3 Å². The number of thiazole rings is 1. The van der Waals surface area contributed by atoms with Crippen molar-refractivity contribution in [1.82, 2.24) is 15.2 Å². The molecule has 146 valence electrons. The lowest BCUT2D eigenvalue weighted by Crippen LogP contribution is -2.44. The zero-order valence-electron chi connectivity index (χ0n) is 15.9. The molecule has 1 aromatic heterocycles. The highest BCUT2D eigenvalue weighted by atomic mass is 32.1. The predicted molar refractivity (Wildman–Crippen MR) is 112 cm³/mol. The highest BCUT2D eigenvalue weighted by Crippen LogP contribution is 2.39. The number of hydrogen-bond donors (Lipinski definition) is 1. The van der Waals surface area contributed by atoms with E-state index in [2.05, 4.69) is 16.4 Å². The highest BCUT2D eigenvalue weighted by molar-refractivity contribution is 7.13. The number of carbonyl (C=O) groups is 2. The van der Waals surface area contributed by atoms with Crippen LogP contribution in [0.1, 0.15) is 36.1 Å². The normalized spacial score (nSPS) is 21.2. The molecule has 1 unspecified atom stereocenters. The van der Waals surface area contributed by atoms with Crippen molar-refractivity contribution < 1.29 is 9.59 Å². The van der Waals surface area contributed by atoms with Gasteiger partial charge in [-0.2, -0.15) is 0 Å². The number of nitrogens with zero attached hydrogens (tertiary/aromatic N) is 2. The van der Waals surface area contributed by atoms with Crippen molar-refractivity contribution in [1.29, 1.82) is 0 Å². The number of carbonyl (C=O) groups excluding carboxylic acids is 2. The first kappa shape index (κ1) is 18.1. The van der Waals surface area contributed by atoms with Gasteiger partial charge in [-0.15, -0.1) is 11.3 Å². The van der Waals surface area contributed by atoms with Gasteiger partial charge in [0, 0.05) is 10.9 Å². The zero-order chi connectivity index (χ0) is 19.8. The fraction of sp³-hybridized carbons (Fsp3) is 0.261. The number of fused-ring (bicyclic) bond motifs is 2. The van der Waals surface area contributed by atoms with Gasteiger partial charge in [-0.3, -0.25) is 9.69 Å². The molecule has 1 saturated heterocycles. The van der Waals surface area contributed by atoms with Crippen LogP contribution in [0.5, 0.6) is 0 Å². The minimum Gasteiger partial charge on any atom is -0.319 e. The fourth-order valence-corrected chi connectivity index (χ4v) is 5.19. The van der Waals surface area contributed by atoms with E-state index in [4.69, 9.17) is 0 Å². The molecular formula is C23H21N3O2S. The average Bonchev–Trinajstić information content (AvgIpc) is 3.25. The van der Waals surface area contributed by atoms with Crippen molar-refractivity contribution in [2.45, 2.75) is 37.8 Å². The molecule has 1 aliphatic heterocycles. The Balaban J connectivity index is 1.44. The van der Waals surface area contributed by atoms with E-state index in [0.717, 1.165) is 46.7 Å². The highest BCUT2D eigenvalue weighted by Gasteiger charge is 2.53. The number of aromatic nitrogens is 1. The second-order valence-corrected chi connectivity index (χ2v) is 8.46. The van der Waals surface area contributed by atoms with Crippen LogP contribution in [0, 0.1) is 0 Å². The molecule has 1 N–H and O–H groups in total. The average molecular weight is 404 g/mol. The lowest BCUT2D eigenvalue weighted by atomic mass is 9.84. The van der Waals surface area contributed by atoms with E-state index in [0.29, 0.717) is 6.42 Å². The molecule has 6 heteroatoms. The Labute approximate surface area is 173 Å². The quantitative estimate of drug-likeness (QED) is 0.656. The molecule has 0 saturated carbocycles. The van der Waals surface area contributed by atoms with Gasteiger partial charge in [-0.25, -0.2) is 9.78 Å². The smallest absolute Gasteiger partial charge is 0.319 e. The number of rotatable bonds is 3. The van der Waals surface area contributed by atoms with Crippen molar-refractivity contribution in [2.24, 2.45) is 0 Å². The van der Waals surface area contributed by atoms with Gasteiger partial charge >= 0.3 is 6.03 Å². The molecule has 2 heterocycles. The van der Waals surface area contributed by atoms with Crippen molar-refractivity contribution in [2.75, 3.05) is 0 Å². The largest absolute Gasteiger partial charge is 0.325 e. The second kappa shape index (κ2) is 7.12. The topological polar surface area (TPSA) is 62.3 Å². The molecular weight excluding hydrogens is 382 g/mol. The molecule has 29 heavy (non-hydrogen) atoms. The Hall–Kier alpha value is -2.99. The van der Waals surface area contributed by atoms with E-state index in [1.54, 1.807) is 0 Å². The molecule has 1 atom stereocenters. The number of urea groups is 1. The maximum absolute atomic E-state index is 13.5. The lowest BCUT2D eigenvalue weighted by molar-refractivity contribution is -0.132. The van der Waals surface area contributed by atoms with E-state index in [1.165, 1.54) is 16.2 Å². The third kappa shape index (κ3) is 3.04. The summed E-state index contributed by atoms with van der Waals surface area (Å²) in [6.45, 7) is 0.192.